The van der Waals surface area contributed by atoms with Crippen molar-refractivity contribution < 1.29 is 23.0 Å². The number of amides is 1. The highest BCUT2D eigenvalue weighted by Gasteiger charge is 2.14. The number of ether oxygens (including phenoxy) is 2. The molecule has 1 amide bonds. The number of carbonyl (C=O) groups excluding carboxylic acids is 1. The van der Waals surface area contributed by atoms with Crippen LogP contribution in [-0.4, -0.2) is 22.7 Å². The first kappa shape index (κ1) is 18.6. The second-order valence-electron chi connectivity index (χ2n) is 6.31. The Balaban J connectivity index is 1.46. The molecule has 29 heavy (non-hydrogen) atoms. The third-order valence-corrected chi connectivity index (χ3v) is 4.16. The molecule has 9 heteroatoms. The van der Waals surface area contributed by atoms with Crippen LogP contribution in [-0.2, 0) is 6.54 Å². The summed E-state index contributed by atoms with van der Waals surface area (Å²) in [6.07, 6.45) is 0. The zero-order chi connectivity index (χ0) is 20.4. The van der Waals surface area contributed by atoms with Crippen LogP contribution in [0.5, 0.6) is 11.5 Å². The topological polar surface area (TPSA) is 85.4 Å². The number of rotatable bonds is 5. The number of carbonyl (C=O) groups is 1. The number of aromatic nitrogens is 2. The van der Waals surface area contributed by atoms with Gasteiger partial charge in [-0.25, -0.2) is 18.7 Å². The number of hydrogen-bond donors (Lipinski definition) is 2. The summed E-state index contributed by atoms with van der Waals surface area (Å²) in [4.78, 5) is 20.8. The van der Waals surface area contributed by atoms with E-state index in [1.54, 1.807) is 6.92 Å². The van der Waals surface area contributed by atoms with Gasteiger partial charge in [0.15, 0.2) is 23.1 Å². The van der Waals surface area contributed by atoms with Crippen LogP contribution in [0.15, 0.2) is 42.5 Å². The molecule has 1 aliphatic rings. The first-order chi connectivity index (χ1) is 14.0. The molecule has 0 saturated heterocycles. The molecule has 0 fully saturated rings. The predicted molar refractivity (Wildman–Crippen MR) is 101 cm³/mol. The van der Waals surface area contributed by atoms with E-state index in [-0.39, 0.29) is 18.2 Å². The van der Waals surface area contributed by atoms with Crippen LogP contribution in [0.1, 0.15) is 21.9 Å². The van der Waals surface area contributed by atoms with Crippen molar-refractivity contribution in [3.8, 4) is 11.5 Å². The predicted octanol–water partition coefficient (Wildman–Crippen LogP) is 3.66. The standard InChI is InChI=1S/C20H16F2N4O3/c1-11-24-16(20(27)26-13-3-4-14(21)15(22)7-13)8-19(25-11)23-9-12-2-5-17-18(6-12)29-10-28-17/h2-8H,9-10H2,1H3,(H,26,27)(H,23,24,25). The van der Waals surface area contributed by atoms with Crippen molar-refractivity contribution in [1.29, 1.82) is 0 Å². The Hall–Kier alpha value is -3.75. The Morgan fingerprint density at radius 1 is 1.03 bits per heavy atom. The van der Waals surface area contributed by atoms with E-state index < -0.39 is 17.5 Å². The van der Waals surface area contributed by atoms with Gasteiger partial charge in [0.25, 0.3) is 5.91 Å². The van der Waals surface area contributed by atoms with Crippen LogP contribution >= 0.6 is 0 Å². The van der Waals surface area contributed by atoms with E-state index in [0.717, 1.165) is 17.7 Å². The lowest BCUT2D eigenvalue weighted by Gasteiger charge is -2.10. The summed E-state index contributed by atoms with van der Waals surface area (Å²) in [5.41, 5.74) is 1.16. The van der Waals surface area contributed by atoms with E-state index in [1.807, 2.05) is 18.2 Å². The summed E-state index contributed by atoms with van der Waals surface area (Å²) in [5, 5.41) is 5.62. The molecule has 0 unspecified atom stereocenters. The zero-order valence-corrected chi connectivity index (χ0v) is 15.3. The van der Waals surface area contributed by atoms with Crippen molar-refractivity contribution in [2.75, 3.05) is 17.4 Å². The van der Waals surface area contributed by atoms with Crippen molar-refractivity contribution in [2.24, 2.45) is 0 Å². The molecule has 4 rings (SSSR count). The van der Waals surface area contributed by atoms with Crippen molar-refractivity contribution in [3.63, 3.8) is 0 Å². The quantitative estimate of drug-likeness (QED) is 0.682. The highest BCUT2D eigenvalue weighted by atomic mass is 19.2. The van der Waals surface area contributed by atoms with Crippen LogP contribution in [0.25, 0.3) is 0 Å². The van der Waals surface area contributed by atoms with Gasteiger partial charge in [-0.3, -0.25) is 4.79 Å². The molecule has 2 heterocycles. The summed E-state index contributed by atoms with van der Waals surface area (Å²) in [6, 6.07) is 10.2. The molecule has 148 valence electrons. The lowest BCUT2D eigenvalue weighted by atomic mass is 10.2. The highest BCUT2D eigenvalue weighted by Crippen LogP contribution is 2.32. The minimum Gasteiger partial charge on any atom is -0.454 e. The van der Waals surface area contributed by atoms with Crippen LogP contribution < -0.4 is 20.1 Å². The van der Waals surface area contributed by atoms with Gasteiger partial charge in [-0.1, -0.05) is 6.07 Å². The Morgan fingerprint density at radius 2 is 1.86 bits per heavy atom. The Labute approximate surface area is 164 Å². The minimum absolute atomic E-state index is 0.0930. The van der Waals surface area contributed by atoms with Gasteiger partial charge in [-0.15, -0.1) is 0 Å². The fraction of sp³-hybridized carbons (Fsp3) is 0.150. The van der Waals surface area contributed by atoms with Crippen LogP contribution in [0.4, 0.5) is 20.3 Å². The number of nitrogens with one attached hydrogen (secondary N) is 2. The number of fused-ring (bicyclic) bond motifs is 1. The van der Waals surface area contributed by atoms with Gasteiger partial charge in [0, 0.05) is 24.4 Å². The molecule has 3 aromatic rings. The van der Waals surface area contributed by atoms with Crippen molar-refractivity contribution in [2.45, 2.75) is 13.5 Å². The van der Waals surface area contributed by atoms with E-state index in [4.69, 9.17) is 9.47 Å². The zero-order valence-electron chi connectivity index (χ0n) is 15.3. The summed E-state index contributed by atoms with van der Waals surface area (Å²) in [5.74, 6) is -0.393. The molecule has 2 aromatic carbocycles. The van der Waals surface area contributed by atoms with Gasteiger partial charge in [0.1, 0.15) is 17.3 Å². The number of hydrogen-bond acceptors (Lipinski definition) is 6. The number of anilines is 2. The maximum absolute atomic E-state index is 13.3. The van der Waals surface area contributed by atoms with E-state index in [9.17, 15) is 13.6 Å². The molecule has 0 aliphatic carbocycles. The van der Waals surface area contributed by atoms with Gasteiger partial charge in [-0.2, -0.15) is 0 Å². The third-order valence-electron chi connectivity index (χ3n) is 4.16. The Kier molecular flexibility index (Phi) is 4.94. The molecular weight excluding hydrogens is 382 g/mol. The van der Waals surface area contributed by atoms with Crippen molar-refractivity contribution in [1.82, 2.24) is 9.97 Å². The molecule has 0 bridgehead atoms. The molecule has 7 nitrogen and oxygen atoms in total. The minimum atomic E-state index is -1.05. The second-order valence-corrected chi connectivity index (χ2v) is 6.31. The first-order valence-electron chi connectivity index (χ1n) is 8.72. The van der Waals surface area contributed by atoms with Crippen molar-refractivity contribution in [3.05, 3.63) is 71.2 Å². The molecule has 0 radical (unpaired) electrons. The average Bonchev–Trinajstić information content (AvgIpc) is 3.16. The highest BCUT2D eigenvalue weighted by molar-refractivity contribution is 6.03. The number of benzene rings is 2. The monoisotopic (exact) mass is 398 g/mol. The van der Waals surface area contributed by atoms with Crippen molar-refractivity contribution >= 4 is 17.4 Å². The van der Waals surface area contributed by atoms with E-state index in [0.29, 0.717) is 29.7 Å². The first-order valence-corrected chi connectivity index (χ1v) is 8.72. The normalized spacial score (nSPS) is 12.0. The number of halogens is 2. The van der Waals surface area contributed by atoms with Gasteiger partial charge in [0.05, 0.1) is 0 Å². The van der Waals surface area contributed by atoms with E-state index >= 15 is 0 Å². The van der Waals surface area contributed by atoms with E-state index in [2.05, 4.69) is 20.6 Å². The van der Waals surface area contributed by atoms with Gasteiger partial charge >= 0.3 is 0 Å². The average molecular weight is 398 g/mol. The molecule has 1 aliphatic heterocycles. The SMILES string of the molecule is Cc1nc(NCc2ccc3c(c2)OCO3)cc(C(=O)Nc2ccc(F)c(F)c2)n1. The fourth-order valence-electron chi connectivity index (χ4n) is 2.79. The lowest BCUT2D eigenvalue weighted by Crippen LogP contribution is -2.16. The number of nitrogens with zero attached hydrogens (tertiary/aromatic N) is 2. The molecular formula is C20H16F2N4O3. The van der Waals surface area contributed by atoms with Crippen LogP contribution in [0, 0.1) is 18.6 Å². The lowest BCUT2D eigenvalue weighted by molar-refractivity contribution is 0.102. The van der Waals surface area contributed by atoms with E-state index in [1.165, 1.54) is 12.1 Å². The summed E-state index contributed by atoms with van der Waals surface area (Å²) in [7, 11) is 0. The largest absolute Gasteiger partial charge is 0.454 e. The third kappa shape index (κ3) is 4.23. The molecule has 0 saturated carbocycles. The summed E-state index contributed by atoms with van der Waals surface area (Å²) >= 11 is 0. The summed E-state index contributed by atoms with van der Waals surface area (Å²) in [6.45, 7) is 2.30. The maximum Gasteiger partial charge on any atom is 0.274 e. The molecule has 0 atom stereocenters. The maximum atomic E-state index is 13.3. The smallest absolute Gasteiger partial charge is 0.274 e. The van der Waals surface area contributed by atoms with Gasteiger partial charge in [0.2, 0.25) is 6.79 Å². The fourth-order valence-corrected chi connectivity index (χ4v) is 2.79. The van der Waals surface area contributed by atoms with Crippen LogP contribution in [0.2, 0.25) is 0 Å². The number of aryl methyl sites for hydroxylation is 1. The van der Waals surface area contributed by atoms with Gasteiger partial charge < -0.3 is 20.1 Å². The van der Waals surface area contributed by atoms with Crippen LogP contribution in [0.3, 0.4) is 0 Å². The molecule has 0 spiro atoms. The molecule has 1 aromatic heterocycles. The van der Waals surface area contributed by atoms with Gasteiger partial charge in [-0.05, 0) is 36.8 Å². The Morgan fingerprint density at radius 3 is 2.69 bits per heavy atom. The summed E-state index contributed by atoms with van der Waals surface area (Å²) < 4.78 is 37.0. The second kappa shape index (κ2) is 7.70. The molecule has 2 N–H and O–H groups in total. The Bertz CT molecular complexity index is 1090.